The maximum atomic E-state index is 11.8. The predicted molar refractivity (Wildman–Crippen MR) is 55.8 cm³/mol. The molecule has 8 heteroatoms. The van der Waals surface area contributed by atoms with Crippen molar-refractivity contribution < 1.29 is 27.9 Å². The van der Waals surface area contributed by atoms with Gasteiger partial charge in [-0.05, 0) is 6.92 Å². The van der Waals surface area contributed by atoms with Gasteiger partial charge in [-0.25, -0.2) is 8.78 Å². The maximum Gasteiger partial charge on any atom is 0.261 e. The van der Waals surface area contributed by atoms with Crippen molar-refractivity contribution >= 4 is 17.7 Å². The zero-order valence-electron chi connectivity index (χ0n) is 9.82. The lowest BCUT2D eigenvalue weighted by Crippen LogP contribution is -2.58. The van der Waals surface area contributed by atoms with Gasteiger partial charge in [0.05, 0.1) is 13.0 Å². The predicted octanol–water partition coefficient (Wildman–Crippen LogP) is -0.468. The van der Waals surface area contributed by atoms with Crippen LogP contribution in [0.5, 0.6) is 0 Å². The fraction of sp³-hybridized carbons (Fsp3) is 0.700. The summed E-state index contributed by atoms with van der Waals surface area (Å²) < 4.78 is 28.1. The molecule has 0 saturated carbocycles. The van der Waals surface area contributed by atoms with Crippen LogP contribution in [-0.2, 0) is 19.1 Å². The molecule has 1 aliphatic rings. The molecule has 3 amide bonds. The second kappa shape index (κ2) is 6.39. The summed E-state index contributed by atoms with van der Waals surface area (Å²) in [6, 6.07) is -0.745. The fourth-order valence-electron chi connectivity index (χ4n) is 1.49. The summed E-state index contributed by atoms with van der Waals surface area (Å²) in [4.78, 5) is 35.2. The average Bonchev–Trinajstić information content (AvgIpc) is 2.28. The SMILES string of the molecule is CC1C(=O)NC(=O)CN1C(=O)CCOCC(F)F. The van der Waals surface area contributed by atoms with E-state index < -0.39 is 36.8 Å². The minimum absolute atomic E-state index is 0.141. The van der Waals surface area contributed by atoms with Gasteiger partial charge >= 0.3 is 0 Å². The Morgan fingerprint density at radius 1 is 1.56 bits per heavy atom. The summed E-state index contributed by atoms with van der Waals surface area (Å²) in [5.41, 5.74) is 0. The summed E-state index contributed by atoms with van der Waals surface area (Å²) in [7, 11) is 0. The minimum Gasteiger partial charge on any atom is -0.375 e. The highest BCUT2D eigenvalue weighted by atomic mass is 19.3. The molecule has 0 aromatic heterocycles. The van der Waals surface area contributed by atoms with Crippen LogP contribution in [0.3, 0.4) is 0 Å². The number of carbonyl (C=O) groups is 3. The van der Waals surface area contributed by atoms with Crippen LogP contribution in [0.2, 0.25) is 0 Å². The molecule has 1 heterocycles. The van der Waals surface area contributed by atoms with Gasteiger partial charge in [0.2, 0.25) is 17.7 Å². The standard InChI is InChI=1S/C10H14F2N2O4/c1-6-10(17)13-8(15)4-14(6)9(16)2-3-18-5-7(11)12/h6-7H,2-5H2,1H3,(H,13,15,17). The lowest BCUT2D eigenvalue weighted by atomic mass is 10.2. The number of rotatable bonds is 5. The number of hydrogen-bond acceptors (Lipinski definition) is 4. The lowest BCUT2D eigenvalue weighted by Gasteiger charge is -2.31. The topological polar surface area (TPSA) is 75.7 Å². The molecule has 1 rings (SSSR count). The molecule has 1 fully saturated rings. The Bertz CT molecular complexity index is 349. The Morgan fingerprint density at radius 3 is 2.83 bits per heavy atom. The molecule has 0 aromatic rings. The van der Waals surface area contributed by atoms with Crippen LogP contribution < -0.4 is 5.32 Å². The number of nitrogens with zero attached hydrogens (tertiary/aromatic N) is 1. The van der Waals surface area contributed by atoms with Crippen molar-refractivity contribution in [1.82, 2.24) is 10.2 Å². The number of halogens is 2. The number of piperazine rings is 1. The molecule has 0 aromatic carbocycles. The highest BCUT2D eigenvalue weighted by Gasteiger charge is 2.33. The van der Waals surface area contributed by atoms with E-state index in [2.05, 4.69) is 10.1 Å². The third kappa shape index (κ3) is 4.02. The molecular formula is C10H14F2N2O4. The maximum absolute atomic E-state index is 11.8. The van der Waals surface area contributed by atoms with Crippen LogP contribution in [0.4, 0.5) is 8.78 Å². The normalized spacial score (nSPS) is 20.2. The highest BCUT2D eigenvalue weighted by molar-refractivity contribution is 6.04. The fourth-order valence-corrected chi connectivity index (χ4v) is 1.49. The number of hydrogen-bond donors (Lipinski definition) is 1. The Labute approximate surface area is 102 Å². The second-order valence-corrected chi connectivity index (χ2v) is 3.83. The van der Waals surface area contributed by atoms with Crippen molar-refractivity contribution in [3.63, 3.8) is 0 Å². The molecule has 102 valence electrons. The first kappa shape index (κ1) is 14.5. The van der Waals surface area contributed by atoms with E-state index in [9.17, 15) is 23.2 Å². The Hall–Kier alpha value is -1.57. The van der Waals surface area contributed by atoms with Gasteiger partial charge in [0.25, 0.3) is 6.43 Å². The lowest BCUT2D eigenvalue weighted by molar-refractivity contribution is -0.150. The average molecular weight is 264 g/mol. The third-order valence-corrected chi connectivity index (χ3v) is 2.45. The van der Waals surface area contributed by atoms with Gasteiger partial charge in [0.15, 0.2) is 0 Å². The van der Waals surface area contributed by atoms with Gasteiger partial charge in [0.1, 0.15) is 19.2 Å². The molecule has 0 spiro atoms. The summed E-state index contributed by atoms with van der Waals surface area (Å²) in [5.74, 6) is -1.58. The summed E-state index contributed by atoms with van der Waals surface area (Å²) in [5, 5.41) is 2.09. The Balaban J connectivity index is 2.40. The van der Waals surface area contributed by atoms with Crippen LogP contribution in [0.15, 0.2) is 0 Å². The molecule has 18 heavy (non-hydrogen) atoms. The first-order valence-electron chi connectivity index (χ1n) is 5.41. The third-order valence-electron chi connectivity index (χ3n) is 2.45. The van der Waals surface area contributed by atoms with Gasteiger partial charge in [-0.1, -0.05) is 0 Å². The van der Waals surface area contributed by atoms with Crippen molar-refractivity contribution in [1.29, 1.82) is 0 Å². The van der Waals surface area contributed by atoms with E-state index in [1.807, 2.05) is 0 Å². The van der Waals surface area contributed by atoms with E-state index in [0.29, 0.717) is 0 Å². The molecule has 1 aliphatic heterocycles. The molecular weight excluding hydrogens is 250 g/mol. The van der Waals surface area contributed by atoms with Gasteiger partial charge in [-0.3, -0.25) is 19.7 Å². The van der Waals surface area contributed by atoms with E-state index in [4.69, 9.17) is 0 Å². The Morgan fingerprint density at radius 2 is 2.22 bits per heavy atom. The largest absolute Gasteiger partial charge is 0.375 e. The first-order chi connectivity index (χ1) is 8.41. The molecule has 1 saturated heterocycles. The zero-order valence-corrected chi connectivity index (χ0v) is 9.82. The summed E-state index contributed by atoms with van der Waals surface area (Å²) in [6.45, 7) is 0.380. The van der Waals surface area contributed by atoms with Crippen LogP contribution in [0.1, 0.15) is 13.3 Å². The van der Waals surface area contributed by atoms with Crippen LogP contribution >= 0.6 is 0 Å². The van der Waals surface area contributed by atoms with E-state index in [1.54, 1.807) is 0 Å². The van der Waals surface area contributed by atoms with E-state index >= 15 is 0 Å². The molecule has 6 nitrogen and oxygen atoms in total. The van der Waals surface area contributed by atoms with Crippen LogP contribution in [-0.4, -0.2) is 54.8 Å². The number of ether oxygens (including phenoxy) is 1. The molecule has 0 bridgehead atoms. The molecule has 1 N–H and O–H groups in total. The monoisotopic (exact) mass is 264 g/mol. The van der Waals surface area contributed by atoms with Crippen molar-refractivity contribution in [2.45, 2.75) is 25.8 Å². The first-order valence-corrected chi connectivity index (χ1v) is 5.41. The van der Waals surface area contributed by atoms with E-state index in [1.165, 1.54) is 6.92 Å². The molecule has 1 atom stereocenters. The molecule has 0 radical (unpaired) electrons. The zero-order chi connectivity index (χ0) is 13.7. The molecule has 0 aliphatic carbocycles. The van der Waals surface area contributed by atoms with Gasteiger partial charge in [-0.2, -0.15) is 0 Å². The number of carbonyl (C=O) groups excluding carboxylic acids is 3. The highest BCUT2D eigenvalue weighted by Crippen LogP contribution is 2.07. The van der Waals surface area contributed by atoms with Crippen LogP contribution in [0.25, 0.3) is 0 Å². The van der Waals surface area contributed by atoms with Gasteiger partial charge in [0, 0.05) is 0 Å². The van der Waals surface area contributed by atoms with Crippen molar-refractivity contribution in [3.8, 4) is 0 Å². The number of nitrogens with one attached hydrogen (secondary N) is 1. The molecule has 1 unspecified atom stereocenters. The Kier molecular flexibility index (Phi) is 5.14. The number of imide groups is 1. The summed E-state index contributed by atoms with van der Waals surface area (Å²) in [6.07, 6.45) is -2.72. The number of amides is 3. The quantitative estimate of drug-likeness (QED) is 0.538. The van der Waals surface area contributed by atoms with E-state index in [-0.39, 0.29) is 19.6 Å². The summed E-state index contributed by atoms with van der Waals surface area (Å²) >= 11 is 0. The van der Waals surface area contributed by atoms with Gasteiger partial charge in [-0.15, -0.1) is 0 Å². The van der Waals surface area contributed by atoms with Crippen molar-refractivity contribution in [3.05, 3.63) is 0 Å². The van der Waals surface area contributed by atoms with E-state index in [0.717, 1.165) is 4.90 Å². The van der Waals surface area contributed by atoms with Crippen LogP contribution in [0, 0.1) is 0 Å². The van der Waals surface area contributed by atoms with Crippen molar-refractivity contribution in [2.24, 2.45) is 0 Å². The number of alkyl halides is 2. The van der Waals surface area contributed by atoms with Crippen molar-refractivity contribution in [2.75, 3.05) is 19.8 Å². The second-order valence-electron chi connectivity index (χ2n) is 3.83. The minimum atomic E-state index is -2.58. The smallest absolute Gasteiger partial charge is 0.261 e. The van der Waals surface area contributed by atoms with Gasteiger partial charge < -0.3 is 9.64 Å².